The summed E-state index contributed by atoms with van der Waals surface area (Å²) >= 11 is 0. The first kappa shape index (κ1) is 18.3. The number of hydrogen-bond donors (Lipinski definition) is 2. The maximum absolute atomic E-state index is 12.6. The van der Waals surface area contributed by atoms with Crippen molar-refractivity contribution < 1.29 is 28.9 Å². The van der Waals surface area contributed by atoms with Crippen molar-refractivity contribution in [1.29, 1.82) is 0 Å². The Labute approximate surface area is 162 Å². The van der Waals surface area contributed by atoms with E-state index in [-0.39, 0.29) is 23.7 Å². The zero-order chi connectivity index (χ0) is 19.6. The minimum Gasteiger partial charge on any atom is -0.478 e. The van der Waals surface area contributed by atoms with Gasteiger partial charge in [-0.3, -0.25) is 4.79 Å². The predicted octanol–water partition coefficient (Wildman–Crippen LogP) is 2.59. The van der Waals surface area contributed by atoms with Gasteiger partial charge in [-0.05, 0) is 54.8 Å². The molecule has 7 nitrogen and oxygen atoms in total. The fourth-order valence-electron chi connectivity index (χ4n) is 3.67. The number of carbonyl (C=O) groups is 2. The minimum absolute atomic E-state index is 0.151. The molecule has 0 bridgehead atoms. The van der Waals surface area contributed by atoms with Crippen LogP contribution in [0, 0.1) is 0 Å². The van der Waals surface area contributed by atoms with E-state index >= 15 is 0 Å². The van der Waals surface area contributed by atoms with Gasteiger partial charge in [0.1, 0.15) is 0 Å². The van der Waals surface area contributed by atoms with Crippen LogP contribution in [0.5, 0.6) is 11.5 Å². The SMILES string of the molecule is O=C(O)c1ccc(C(=O)NCC2(c3ccc4c(c3)OCO4)CCOCC2)cc1. The molecule has 0 aliphatic carbocycles. The van der Waals surface area contributed by atoms with Crippen LogP contribution in [0.2, 0.25) is 0 Å². The number of hydrogen-bond acceptors (Lipinski definition) is 5. The van der Waals surface area contributed by atoms with Crippen LogP contribution in [0.25, 0.3) is 0 Å². The highest BCUT2D eigenvalue weighted by atomic mass is 16.7. The van der Waals surface area contributed by atoms with Gasteiger partial charge in [0, 0.05) is 30.7 Å². The molecule has 2 aromatic carbocycles. The van der Waals surface area contributed by atoms with Crippen molar-refractivity contribution in [2.75, 3.05) is 26.6 Å². The molecule has 146 valence electrons. The Kier molecular flexibility index (Phi) is 4.92. The van der Waals surface area contributed by atoms with Gasteiger partial charge in [-0.25, -0.2) is 4.79 Å². The van der Waals surface area contributed by atoms with Crippen LogP contribution in [-0.4, -0.2) is 43.5 Å². The largest absolute Gasteiger partial charge is 0.478 e. The molecule has 2 aliphatic heterocycles. The highest BCUT2D eigenvalue weighted by Gasteiger charge is 2.36. The summed E-state index contributed by atoms with van der Waals surface area (Å²) in [6.45, 7) is 1.92. The second-order valence-electron chi connectivity index (χ2n) is 7.03. The molecule has 0 radical (unpaired) electrons. The standard InChI is InChI=1S/C21H21NO6/c23-19(14-1-3-15(4-2-14)20(24)25)22-12-21(7-9-26-10-8-21)16-5-6-17-18(11-16)28-13-27-17/h1-6,11H,7-10,12-13H2,(H,22,23)(H,24,25). The first-order chi connectivity index (χ1) is 13.6. The van der Waals surface area contributed by atoms with Gasteiger partial charge in [-0.15, -0.1) is 0 Å². The Morgan fingerprint density at radius 2 is 1.64 bits per heavy atom. The van der Waals surface area contributed by atoms with Gasteiger partial charge in [-0.1, -0.05) is 6.07 Å². The topological polar surface area (TPSA) is 94.1 Å². The molecule has 2 heterocycles. The van der Waals surface area contributed by atoms with Gasteiger partial charge in [0.15, 0.2) is 11.5 Å². The molecule has 1 amide bonds. The lowest BCUT2D eigenvalue weighted by molar-refractivity contribution is 0.0486. The van der Waals surface area contributed by atoms with Gasteiger partial charge in [-0.2, -0.15) is 0 Å². The molecule has 2 aliphatic rings. The van der Waals surface area contributed by atoms with Crippen molar-refractivity contribution in [3.05, 3.63) is 59.2 Å². The van der Waals surface area contributed by atoms with Crippen LogP contribution in [0.3, 0.4) is 0 Å². The van der Waals surface area contributed by atoms with E-state index in [1.807, 2.05) is 18.2 Å². The van der Waals surface area contributed by atoms with E-state index in [0.29, 0.717) is 25.3 Å². The Hall–Kier alpha value is -3.06. The molecular weight excluding hydrogens is 362 g/mol. The average Bonchev–Trinajstić information content (AvgIpc) is 3.21. The zero-order valence-electron chi connectivity index (χ0n) is 15.3. The molecule has 0 aromatic heterocycles. The monoisotopic (exact) mass is 383 g/mol. The molecule has 0 atom stereocenters. The molecule has 0 spiro atoms. The van der Waals surface area contributed by atoms with Crippen molar-refractivity contribution in [2.45, 2.75) is 18.3 Å². The number of amides is 1. The Morgan fingerprint density at radius 3 is 2.36 bits per heavy atom. The number of benzene rings is 2. The van der Waals surface area contributed by atoms with Gasteiger partial charge >= 0.3 is 5.97 Å². The summed E-state index contributed by atoms with van der Waals surface area (Å²) in [4.78, 5) is 23.6. The molecule has 2 N–H and O–H groups in total. The molecule has 7 heteroatoms. The molecule has 1 saturated heterocycles. The quantitative estimate of drug-likeness (QED) is 0.824. The fourth-order valence-corrected chi connectivity index (χ4v) is 3.67. The third-order valence-corrected chi connectivity index (χ3v) is 5.42. The normalized spacial score (nSPS) is 17.1. The van der Waals surface area contributed by atoms with E-state index in [4.69, 9.17) is 19.3 Å². The summed E-state index contributed by atoms with van der Waals surface area (Å²) in [5.41, 5.74) is 1.41. The van der Waals surface area contributed by atoms with E-state index < -0.39 is 5.97 Å². The molecule has 0 saturated carbocycles. The first-order valence-corrected chi connectivity index (χ1v) is 9.17. The Morgan fingerprint density at radius 1 is 0.964 bits per heavy atom. The lowest BCUT2D eigenvalue weighted by Gasteiger charge is -2.38. The summed E-state index contributed by atoms with van der Waals surface area (Å²) in [5, 5.41) is 12.0. The maximum Gasteiger partial charge on any atom is 0.335 e. The predicted molar refractivity (Wildman–Crippen MR) is 100 cm³/mol. The molecule has 4 rings (SSSR count). The lowest BCUT2D eigenvalue weighted by atomic mass is 9.74. The number of aromatic carboxylic acids is 1. The van der Waals surface area contributed by atoms with Crippen molar-refractivity contribution in [2.24, 2.45) is 0 Å². The van der Waals surface area contributed by atoms with E-state index in [9.17, 15) is 9.59 Å². The zero-order valence-corrected chi connectivity index (χ0v) is 15.3. The second kappa shape index (κ2) is 7.52. The smallest absolute Gasteiger partial charge is 0.335 e. The minimum atomic E-state index is -1.02. The number of nitrogens with one attached hydrogen (secondary N) is 1. The lowest BCUT2D eigenvalue weighted by Crippen LogP contribution is -2.44. The van der Waals surface area contributed by atoms with E-state index in [1.54, 1.807) is 0 Å². The summed E-state index contributed by atoms with van der Waals surface area (Å²) in [5.74, 6) is 0.201. The number of carboxylic acids is 1. The van der Waals surface area contributed by atoms with Crippen LogP contribution in [0.1, 0.15) is 39.1 Å². The van der Waals surface area contributed by atoms with Crippen LogP contribution < -0.4 is 14.8 Å². The first-order valence-electron chi connectivity index (χ1n) is 9.17. The fraction of sp³-hybridized carbons (Fsp3) is 0.333. The van der Waals surface area contributed by atoms with Crippen molar-refractivity contribution in [3.8, 4) is 11.5 Å². The Balaban J connectivity index is 1.52. The summed E-state index contributed by atoms with van der Waals surface area (Å²) in [6, 6.07) is 11.8. The van der Waals surface area contributed by atoms with Gasteiger partial charge in [0.05, 0.1) is 5.56 Å². The third kappa shape index (κ3) is 3.53. The molecular formula is C21H21NO6. The van der Waals surface area contributed by atoms with Crippen LogP contribution in [-0.2, 0) is 10.2 Å². The van der Waals surface area contributed by atoms with Crippen molar-refractivity contribution in [1.82, 2.24) is 5.32 Å². The number of carbonyl (C=O) groups excluding carboxylic acids is 1. The molecule has 1 fully saturated rings. The third-order valence-electron chi connectivity index (χ3n) is 5.42. The Bertz CT molecular complexity index is 886. The van der Waals surface area contributed by atoms with E-state index in [1.165, 1.54) is 24.3 Å². The average molecular weight is 383 g/mol. The summed E-state index contributed by atoms with van der Waals surface area (Å²) in [6.07, 6.45) is 1.57. The number of rotatable bonds is 5. The second-order valence-corrected chi connectivity index (χ2v) is 7.03. The molecule has 0 unspecified atom stereocenters. The van der Waals surface area contributed by atoms with Crippen molar-refractivity contribution >= 4 is 11.9 Å². The van der Waals surface area contributed by atoms with E-state index in [0.717, 1.165) is 29.9 Å². The molecule has 28 heavy (non-hydrogen) atoms. The van der Waals surface area contributed by atoms with Gasteiger partial charge in [0.25, 0.3) is 5.91 Å². The summed E-state index contributed by atoms with van der Waals surface area (Å²) < 4.78 is 16.5. The van der Waals surface area contributed by atoms with Crippen molar-refractivity contribution in [3.63, 3.8) is 0 Å². The highest BCUT2D eigenvalue weighted by molar-refractivity contribution is 5.95. The van der Waals surface area contributed by atoms with E-state index in [2.05, 4.69) is 5.32 Å². The van der Waals surface area contributed by atoms with Crippen LogP contribution in [0.15, 0.2) is 42.5 Å². The molecule has 2 aromatic rings. The number of fused-ring (bicyclic) bond motifs is 1. The summed E-state index contributed by atoms with van der Waals surface area (Å²) in [7, 11) is 0. The van der Waals surface area contributed by atoms with Gasteiger partial charge < -0.3 is 24.6 Å². The van der Waals surface area contributed by atoms with Gasteiger partial charge in [0.2, 0.25) is 6.79 Å². The number of ether oxygens (including phenoxy) is 3. The maximum atomic E-state index is 12.6. The van der Waals surface area contributed by atoms with Crippen LogP contribution >= 0.6 is 0 Å². The van der Waals surface area contributed by atoms with Crippen LogP contribution in [0.4, 0.5) is 0 Å². The highest BCUT2D eigenvalue weighted by Crippen LogP contribution is 2.40. The number of carboxylic acid groups (broad SMARTS) is 1.